The van der Waals surface area contributed by atoms with Gasteiger partial charge in [0.1, 0.15) is 18.4 Å². The van der Waals surface area contributed by atoms with Gasteiger partial charge in [0.15, 0.2) is 5.78 Å². The number of methoxy groups -OCH3 is 1. The summed E-state index contributed by atoms with van der Waals surface area (Å²) in [4.78, 5) is 24.5. The molecule has 3 aromatic rings. The van der Waals surface area contributed by atoms with Gasteiger partial charge in [-0.15, -0.1) is 0 Å². The second-order valence-electron chi connectivity index (χ2n) is 8.36. The Balaban J connectivity index is 1.49. The fourth-order valence-corrected chi connectivity index (χ4v) is 5.81. The Bertz CT molecular complexity index is 1320. The molecule has 0 radical (unpaired) electrons. The van der Waals surface area contributed by atoms with Crippen LogP contribution in [0.3, 0.4) is 0 Å². The van der Waals surface area contributed by atoms with Gasteiger partial charge in [-0.1, -0.05) is 30.3 Å². The van der Waals surface area contributed by atoms with Crippen LogP contribution >= 0.6 is 0 Å². The summed E-state index contributed by atoms with van der Waals surface area (Å²) >= 11 is 0. The van der Waals surface area contributed by atoms with Crippen molar-refractivity contribution < 1.29 is 27.5 Å². The van der Waals surface area contributed by atoms with E-state index in [4.69, 9.17) is 9.47 Å². The fraction of sp³-hybridized carbons (Fsp3) is 0.308. The molecule has 7 nitrogen and oxygen atoms in total. The van der Waals surface area contributed by atoms with Crippen LogP contribution in [0.25, 0.3) is 10.8 Å². The van der Waals surface area contributed by atoms with Crippen LogP contribution < -0.4 is 4.74 Å². The lowest BCUT2D eigenvalue weighted by Gasteiger charge is -2.33. The van der Waals surface area contributed by atoms with E-state index < -0.39 is 22.0 Å². The van der Waals surface area contributed by atoms with E-state index in [1.807, 2.05) is 36.4 Å². The number of esters is 1. The molecule has 4 rings (SSSR count). The van der Waals surface area contributed by atoms with Crippen LogP contribution in [-0.4, -0.2) is 44.2 Å². The van der Waals surface area contributed by atoms with E-state index in [9.17, 15) is 18.0 Å². The van der Waals surface area contributed by atoms with Gasteiger partial charge in [-0.25, -0.2) is 8.42 Å². The summed E-state index contributed by atoms with van der Waals surface area (Å²) in [6, 6.07) is 16.4. The topological polar surface area (TPSA) is 90.0 Å². The average Bonchev–Trinajstić information content (AvgIpc) is 2.86. The molecule has 1 aliphatic rings. The molecule has 3 aromatic carbocycles. The third-order valence-electron chi connectivity index (χ3n) is 6.09. The molecular weight excluding hydrogens is 454 g/mol. The van der Waals surface area contributed by atoms with Gasteiger partial charge in [0.25, 0.3) is 0 Å². The number of ketones is 1. The zero-order valence-corrected chi connectivity index (χ0v) is 20.0. The van der Waals surface area contributed by atoms with Gasteiger partial charge in [-0.05, 0) is 72.9 Å². The Kier molecular flexibility index (Phi) is 7.00. The number of carbonyl (C=O) groups excluding carboxylic acids is 2. The van der Waals surface area contributed by atoms with Crippen LogP contribution in [-0.2, 0) is 26.2 Å². The molecule has 8 heteroatoms. The van der Waals surface area contributed by atoms with Gasteiger partial charge in [-0.3, -0.25) is 9.59 Å². The molecular formula is C26H27NO6S. The fourth-order valence-electron chi connectivity index (χ4n) is 4.17. The molecule has 1 atom stereocenters. The van der Waals surface area contributed by atoms with Crippen LogP contribution in [0.5, 0.6) is 5.75 Å². The summed E-state index contributed by atoms with van der Waals surface area (Å²) in [6.45, 7) is 1.72. The molecule has 0 N–H and O–H groups in total. The van der Waals surface area contributed by atoms with Gasteiger partial charge in [0.05, 0.1) is 12.0 Å². The van der Waals surface area contributed by atoms with Crippen LogP contribution in [0, 0.1) is 0 Å². The first-order valence-corrected chi connectivity index (χ1v) is 12.6. The van der Waals surface area contributed by atoms with Crippen molar-refractivity contribution in [2.75, 3.05) is 13.7 Å². The molecule has 1 aliphatic heterocycles. The third kappa shape index (κ3) is 4.98. The molecule has 178 valence electrons. The molecule has 1 unspecified atom stereocenters. The second-order valence-corrected chi connectivity index (χ2v) is 10.3. The molecule has 0 amide bonds. The number of Topliss-reactive ketones (excluding diaryl/α,β-unsaturated/α-hetero) is 1. The first-order valence-electron chi connectivity index (χ1n) is 11.2. The van der Waals surface area contributed by atoms with Crippen molar-refractivity contribution in [1.29, 1.82) is 0 Å². The minimum absolute atomic E-state index is 0.0541. The smallest absolute Gasteiger partial charge is 0.324 e. The lowest BCUT2D eigenvalue weighted by molar-refractivity contribution is -0.150. The number of ether oxygens (including phenoxy) is 2. The minimum Gasteiger partial charge on any atom is -0.497 e. The zero-order valence-electron chi connectivity index (χ0n) is 19.2. The maximum atomic E-state index is 13.3. The lowest BCUT2D eigenvalue weighted by atomic mass is 10.1. The number of sulfonamides is 1. The predicted molar refractivity (Wildman–Crippen MR) is 128 cm³/mol. The maximum Gasteiger partial charge on any atom is 0.324 e. The molecule has 1 heterocycles. The minimum atomic E-state index is -3.91. The monoisotopic (exact) mass is 481 g/mol. The number of hydrogen-bond acceptors (Lipinski definition) is 6. The normalized spacial score (nSPS) is 16.8. The number of nitrogens with zero attached hydrogens (tertiary/aromatic N) is 1. The lowest BCUT2D eigenvalue weighted by Crippen LogP contribution is -2.48. The summed E-state index contributed by atoms with van der Waals surface area (Å²) in [5, 5.41) is 2.00. The SMILES string of the molecule is COc1ccc2cc(COC(=O)C3CCCCN3S(=O)(=O)c3ccc(C(C)=O)cc3)ccc2c1. The zero-order chi connectivity index (χ0) is 24.3. The van der Waals surface area contributed by atoms with Gasteiger partial charge >= 0.3 is 5.97 Å². The standard InChI is InChI=1S/C26H27NO6S/c1-18(28)20-9-12-24(13-10-20)34(30,31)27-14-4-3-5-25(27)26(29)33-17-19-6-7-22-16-23(32-2)11-8-21(22)15-19/h6-13,15-16,25H,3-5,14,17H2,1-2H3. The van der Waals surface area contributed by atoms with Crippen molar-refractivity contribution >= 4 is 32.5 Å². The average molecular weight is 482 g/mol. The molecule has 0 spiro atoms. The van der Waals surface area contributed by atoms with Crippen LogP contribution in [0.1, 0.15) is 42.1 Å². The highest BCUT2D eigenvalue weighted by atomic mass is 32.2. The van der Waals surface area contributed by atoms with Crippen molar-refractivity contribution in [3.63, 3.8) is 0 Å². The van der Waals surface area contributed by atoms with Crippen molar-refractivity contribution in [2.24, 2.45) is 0 Å². The Morgan fingerprint density at radius 3 is 2.38 bits per heavy atom. The second kappa shape index (κ2) is 9.95. The number of rotatable bonds is 7. The molecule has 0 aliphatic carbocycles. The first-order chi connectivity index (χ1) is 16.3. The number of piperidine rings is 1. The molecule has 0 aromatic heterocycles. The maximum absolute atomic E-state index is 13.3. The number of benzene rings is 3. The Morgan fingerprint density at radius 1 is 0.971 bits per heavy atom. The Hall–Kier alpha value is -3.23. The number of carbonyl (C=O) groups is 2. The van der Waals surface area contributed by atoms with E-state index in [0.717, 1.165) is 28.5 Å². The highest BCUT2D eigenvalue weighted by molar-refractivity contribution is 7.89. The van der Waals surface area contributed by atoms with Gasteiger partial charge in [0.2, 0.25) is 10.0 Å². The van der Waals surface area contributed by atoms with Crippen LogP contribution in [0.2, 0.25) is 0 Å². The highest BCUT2D eigenvalue weighted by Gasteiger charge is 2.38. The summed E-state index contributed by atoms with van der Waals surface area (Å²) in [7, 11) is -2.29. The molecule has 1 saturated heterocycles. The molecule has 1 fully saturated rings. The first kappa shape index (κ1) is 23.9. The van der Waals surface area contributed by atoms with Gasteiger partial charge < -0.3 is 9.47 Å². The van der Waals surface area contributed by atoms with E-state index in [2.05, 4.69) is 0 Å². The van der Waals surface area contributed by atoms with E-state index in [-0.39, 0.29) is 23.8 Å². The largest absolute Gasteiger partial charge is 0.497 e. The molecule has 34 heavy (non-hydrogen) atoms. The van der Waals surface area contributed by atoms with Crippen molar-refractivity contribution in [3.8, 4) is 5.75 Å². The highest BCUT2D eigenvalue weighted by Crippen LogP contribution is 2.27. The molecule has 0 saturated carbocycles. The third-order valence-corrected chi connectivity index (χ3v) is 8.01. The Morgan fingerprint density at radius 2 is 1.68 bits per heavy atom. The van der Waals surface area contributed by atoms with E-state index in [1.165, 1.54) is 35.5 Å². The summed E-state index contributed by atoms with van der Waals surface area (Å²) < 4.78 is 38.6. The van der Waals surface area contributed by atoms with Crippen molar-refractivity contribution in [1.82, 2.24) is 4.31 Å². The van der Waals surface area contributed by atoms with E-state index in [0.29, 0.717) is 18.4 Å². The predicted octanol–water partition coefficient (Wildman–Crippen LogP) is 4.34. The van der Waals surface area contributed by atoms with Crippen molar-refractivity contribution in [2.45, 2.75) is 43.7 Å². The molecule has 0 bridgehead atoms. The Labute approximate surface area is 199 Å². The number of hydrogen-bond donors (Lipinski definition) is 0. The summed E-state index contributed by atoms with van der Waals surface area (Å²) in [6.07, 6.45) is 1.82. The quantitative estimate of drug-likeness (QED) is 0.368. The van der Waals surface area contributed by atoms with Gasteiger partial charge in [-0.2, -0.15) is 4.31 Å². The number of fused-ring (bicyclic) bond motifs is 1. The van der Waals surface area contributed by atoms with Gasteiger partial charge in [0, 0.05) is 12.1 Å². The summed E-state index contributed by atoms with van der Waals surface area (Å²) in [5.74, 6) is 0.0656. The van der Waals surface area contributed by atoms with Crippen LogP contribution in [0.15, 0.2) is 65.6 Å². The summed E-state index contributed by atoms with van der Waals surface area (Å²) in [5.41, 5.74) is 1.25. The van der Waals surface area contributed by atoms with E-state index >= 15 is 0 Å². The van der Waals surface area contributed by atoms with Crippen LogP contribution in [0.4, 0.5) is 0 Å². The van der Waals surface area contributed by atoms with E-state index in [1.54, 1.807) is 7.11 Å². The van der Waals surface area contributed by atoms with Crippen molar-refractivity contribution in [3.05, 3.63) is 71.8 Å².